The van der Waals surface area contributed by atoms with E-state index < -0.39 is 5.60 Å². The van der Waals surface area contributed by atoms with Gasteiger partial charge in [0.2, 0.25) is 0 Å². The van der Waals surface area contributed by atoms with Crippen molar-refractivity contribution in [3.63, 3.8) is 0 Å². The van der Waals surface area contributed by atoms with Crippen LogP contribution in [0.4, 0.5) is 4.79 Å². The van der Waals surface area contributed by atoms with Gasteiger partial charge in [0.25, 0.3) is 0 Å². The largest absolute Gasteiger partial charge is 0.444 e. The van der Waals surface area contributed by atoms with Crippen LogP contribution < -0.4 is 0 Å². The van der Waals surface area contributed by atoms with Crippen LogP contribution in [0.3, 0.4) is 0 Å². The summed E-state index contributed by atoms with van der Waals surface area (Å²) in [7, 11) is 0. The summed E-state index contributed by atoms with van der Waals surface area (Å²) in [5.74, 6) is 0. The zero-order valence-corrected chi connectivity index (χ0v) is 15.2. The zero-order chi connectivity index (χ0) is 17.9. The van der Waals surface area contributed by atoms with E-state index in [2.05, 4.69) is 41.4 Å². The van der Waals surface area contributed by atoms with Gasteiger partial charge in [-0.15, -0.1) is 0 Å². The van der Waals surface area contributed by atoms with Crippen LogP contribution in [0.2, 0.25) is 0 Å². The van der Waals surface area contributed by atoms with Crippen LogP contribution in [0, 0.1) is 0 Å². The number of allylic oxidation sites excluding steroid dienone is 1. The first-order chi connectivity index (χ1) is 11.9. The molecule has 132 valence electrons. The van der Waals surface area contributed by atoms with Gasteiger partial charge in [0.05, 0.1) is 6.04 Å². The minimum Gasteiger partial charge on any atom is -0.444 e. The first kappa shape index (κ1) is 17.5. The number of rotatable bonds is 3. The third-order valence-corrected chi connectivity index (χ3v) is 4.32. The summed E-state index contributed by atoms with van der Waals surface area (Å²) >= 11 is 0. The van der Waals surface area contributed by atoms with E-state index in [0.717, 1.165) is 12.8 Å². The molecule has 0 aromatic heterocycles. The topological polar surface area (TPSA) is 41.9 Å². The molecule has 4 nitrogen and oxygen atoms in total. The van der Waals surface area contributed by atoms with Crippen LogP contribution in [-0.4, -0.2) is 41.9 Å². The van der Waals surface area contributed by atoms with Crippen molar-refractivity contribution in [3.05, 3.63) is 59.2 Å². The molecule has 4 heteroatoms. The molecule has 0 saturated heterocycles. The van der Waals surface area contributed by atoms with Crippen molar-refractivity contribution >= 4 is 12.3 Å². The van der Waals surface area contributed by atoms with E-state index in [1.54, 1.807) is 4.90 Å². The van der Waals surface area contributed by atoms with E-state index >= 15 is 0 Å². The Morgan fingerprint density at radius 2 is 2.04 bits per heavy atom. The molecule has 0 N–H and O–H groups in total. The highest BCUT2D eigenvalue weighted by Gasteiger charge is 2.28. The molecule has 1 aromatic rings. The highest BCUT2D eigenvalue weighted by atomic mass is 16.6. The second-order valence-electron chi connectivity index (χ2n) is 7.55. The molecule has 0 fully saturated rings. The number of ether oxygens (including phenoxy) is 1. The third kappa shape index (κ3) is 4.59. The Morgan fingerprint density at radius 3 is 2.76 bits per heavy atom. The maximum Gasteiger partial charge on any atom is 0.410 e. The van der Waals surface area contributed by atoms with Gasteiger partial charge in [-0.2, -0.15) is 0 Å². The molecule has 0 bridgehead atoms. The Bertz CT molecular complexity index is 711. The Kier molecular flexibility index (Phi) is 5.07. The summed E-state index contributed by atoms with van der Waals surface area (Å²) in [4.78, 5) is 18.8. The number of aliphatic imine (C=N–C) groups is 1. The zero-order valence-electron chi connectivity index (χ0n) is 15.2. The number of carbonyl (C=O) groups is 1. The summed E-state index contributed by atoms with van der Waals surface area (Å²) in [6.07, 6.45) is 7.70. The Labute approximate surface area is 149 Å². The second-order valence-corrected chi connectivity index (χ2v) is 7.55. The molecule has 25 heavy (non-hydrogen) atoms. The molecule has 0 radical (unpaired) electrons. The number of amides is 1. The number of hydrogen-bond donors (Lipinski definition) is 0. The summed E-state index contributed by atoms with van der Waals surface area (Å²) in [5, 5.41) is 0. The van der Waals surface area contributed by atoms with E-state index in [0.29, 0.717) is 13.1 Å². The molecule has 2 heterocycles. The molecule has 2 aliphatic heterocycles. The van der Waals surface area contributed by atoms with Crippen molar-refractivity contribution in [1.82, 2.24) is 4.90 Å². The third-order valence-electron chi connectivity index (χ3n) is 4.32. The van der Waals surface area contributed by atoms with Crippen molar-refractivity contribution in [1.29, 1.82) is 0 Å². The van der Waals surface area contributed by atoms with Crippen LogP contribution in [0.25, 0.3) is 0 Å². The van der Waals surface area contributed by atoms with E-state index in [1.165, 1.54) is 16.7 Å². The quantitative estimate of drug-likeness (QED) is 0.830. The Hall–Kier alpha value is -2.36. The van der Waals surface area contributed by atoms with Gasteiger partial charge in [0, 0.05) is 19.3 Å². The van der Waals surface area contributed by atoms with Gasteiger partial charge in [0.15, 0.2) is 0 Å². The highest BCUT2D eigenvalue weighted by Crippen LogP contribution is 2.27. The molecule has 0 saturated carbocycles. The monoisotopic (exact) mass is 338 g/mol. The minimum absolute atomic E-state index is 0.132. The van der Waals surface area contributed by atoms with Gasteiger partial charge in [-0.25, -0.2) is 4.79 Å². The van der Waals surface area contributed by atoms with Crippen LogP contribution in [0.1, 0.15) is 32.8 Å². The summed E-state index contributed by atoms with van der Waals surface area (Å²) in [5.41, 5.74) is 3.22. The molecule has 0 spiro atoms. The van der Waals surface area contributed by atoms with Crippen molar-refractivity contribution < 1.29 is 9.53 Å². The smallest absolute Gasteiger partial charge is 0.410 e. The molecule has 0 aliphatic carbocycles. The van der Waals surface area contributed by atoms with Crippen LogP contribution in [0.15, 0.2) is 58.6 Å². The fraction of sp³-hybridized carbons (Fsp3) is 0.429. The number of nitrogens with zero attached hydrogens (tertiary/aromatic N) is 2. The van der Waals surface area contributed by atoms with Crippen molar-refractivity contribution in [2.45, 2.75) is 45.3 Å². The molecule has 1 unspecified atom stereocenters. The Morgan fingerprint density at radius 1 is 1.28 bits per heavy atom. The molecule has 1 amide bonds. The lowest BCUT2D eigenvalue weighted by molar-refractivity contribution is 0.0263. The average Bonchev–Trinajstić information content (AvgIpc) is 3.02. The highest BCUT2D eigenvalue weighted by molar-refractivity contribution is 5.79. The van der Waals surface area contributed by atoms with E-state index in [4.69, 9.17) is 4.74 Å². The number of benzene rings is 1. The normalized spacial score (nSPS) is 20.3. The molecule has 3 rings (SSSR count). The van der Waals surface area contributed by atoms with Gasteiger partial charge >= 0.3 is 6.09 Å². The first-order valence-corrected chi connectivity index (χ1v) is 8.87. The summed E-state index contributed by atoms with van der Waals surface area (Å²) < 4.78 is 5.52. The van der Waals surface area contributed by atoms with E-state index in [-0.39, 0.29) is 12.1 Å². The maximum absolute atomic E-state index is 12.4. The van der Waals surface area contributed by atoms with Crippen LogP contribution in [-0.2, 0) is 11.2 Å². The average molecular weight is 338 g/mol. The summed E-state index contributed by atoms with van der Waals surface area (Å²) in [6, 6.07) is 10.5. The molecular formula is C21H26N2O2. The molecule has 1 aromatic carbocycles. The molecule has 1 atom stereocenters. The standard InChI is InChI=1S/C21H26N2O2/c1-21(2,3)25-20(24)23-13-7-10-17(15-23)18-11-12-22-19(18)14-16-8-5-4-6-9-16/h4-6,8-12,19H,7,13-15H2,1-3H3. The fourth-order valence-corrected chi connectivity index (χ4v) is 3.17. The first-order valence-electron chi connectivity index (χ1n) is 8.87. The minimum atomic E-state index is -0.468. The van der Waals surface area contributed by atoms with Crippen LogP contribution >= 0.6 is 0 Å². The van der Waals surface area contributed by atoms with Gasteiger partial charge in [-0.1, -0.05) is 36.4 Å². The predicted octanol–water partition coefficient (Wildman–Crippen LogP) is 4.18. The lowest BCUT2D eigenvalue weighted by Gasteiger charge is -2.31. The van der Waals surface area contributed by atoms with E-state index in [9.17, 15) is 4.79 Å². The van der Waals surface area contributed by atoms with Gasteiger partial charge in [-0.05, 0) is 56.4 Å². The van der Waals surface area contributed by atoms with Crippen molar-refractivity contribution in [2.24, 2.45) is 4.99 Å². The lowest BCUT2D eigenvalue weighted by Crippen LogP contribution is -2.40. The van der Waals surface area contributed by atoms with Crippen LogP contribution in [0.5, 0.6) is 0 Å². The van der Waals surface area contributed by atoms with Gasteiger partial charge in [-0.3, -0.25) is 4.99 Å². The maximum atomic E-state index is 12.4. The van der Waals surface area contributed by atoms with Gasteiger partial charge < -0.3 is 9.64 Å². The number of hydrogen-bond acceptors (Lipinski definition) is 3. The lowest BCUT2D eigenvalue weighted by atomic mass is 9.92. The SMILES string of the molecule is CC(C)(C)OC(=O)N1CCC=C(C2=CC=NC2Cc2ccccc2)C1. The van der Waals surface area contributed by atoms with E-state index in [1.807, 2.05) is 33.1 Å². The van der Waals surface area contributed by atoms with Gasteiger partial charge in [0.1, 0.15) is 5.60 Å². The van der Waals surface area contributed by atoms with Crippen molar-refractivity contribution in [3.8, 4) is 0 Å². The van der Waals surface area contributed by atoms with Crippen molar-refractivity contribution in [2.75, 3.05) is 13.1 Å². The molecular weight excluding hydrogens is 312 g/mol. The molecule has 2 aliphatic rings. The number of carbonyl (C=O) groups excluding carboxylic acids is 1. The Balaban J connectivity index is 1.67. The second kappa shape index (κ2) is 7.26. The summed E-state index contributed by atoms with van der Waals surface area (Å²) in [6.45, 7) is 6.99. The fourth-order valence-electron chi connectivity index (χ4n) is 3.17. The predicted molar refractivity (Wildman–Crippen MR) is 101 cm³/mol.